The molecule has 2 aliphatic heterocycles. The van der Waals surface area contributed by atoms with Crippen molar-refractivity contribution in [2.75, 3.05) is 19.7 Å². The van der Waals surface area contributed by atoms with Gasteiger partial charge in [0.15, 0.2) is 5.82 Å². The van der Waals surface area contributed by atoms with E-state index in [1.54, 1.807) is 0 Å². The maximum atomic E-state index is 12.6. The van der Waals surface area contributed by atoms with Crippen LogP contribution in [0.1, 0.15) is 48.9 Å². The van der Waals surface area contributed by atoms with Crippen LogP contribution < -0.4 is 10.1 Å². The summed E-state index contributed by atoms with van der Waals surface area (Å²) in [5.74, 6) is 2.86. The number of carbonyl (C=O) groups excluding carboxylic acids is 1. The number of nitrogens with one attached hydrogen (secondary N) is 1. The van der Waals surface area contributed by atoms with E-state index in [9.17, 15) is 4.79 Å². The Morgan fingerprint density at radius 3 is 2.96 bits per heavy atom. The summed E-state index contributed by atoms with van der Waals surface area (Å²) in [6.45, 7) is 5.44. The quantitative estimate of drug-likeness (QED) is 0.875. The maximum Gasteiger partial charge on any atom is 0.226 e. The van der Waals surface area contributed by atoms with E-state index >= 15 is 0 Å². The van der Waals surface area contributed by atoms with E-state index in [4.69, 9.17) is 4.74 Å². The number of hydrogen-bond acceptors (Lipinski definition) is 5. The van der Waals surface area contributed by atoms with Gasteiger partial charge >= 0.3 is 0 Å². The summed E-state index contributed by atoms with van der Waals surface area (Å²) >= 11 is 0. The number of piperidine rings is 1. The van der Waals surface area contributed by atoms with Crippen LogP contribution in [0.3, 0.4) is 0 Å². The highest BCUT2D eigenvalue weighted by Gasteiger charge is 2.28. The van der Waals surface area contributed by atoms with Crippen molar-refractivity contribution in [3.8, 4) is 5.75 Å². The van der Waals surface area contributed by atoms with Crippen molar-refractivity contribution in [3.05, 3.63) is 41.5 Å². The van der Waals surface area contributed by atoms with Crippen LogP contribution in [-0.2, 0) is 17.9 Å². The number of benzene rings is 1. The molecule has 0 bridgehead atoms. The van der Waals surface area contributed by atoms with Crippen LogP contribution in [-0.4, -0.2) is 45.3 Å². The second-order valence-electron chi connectivity index (χ2n) is 7.31. The third-order valence-corrected chi connectivity index (χ3v) is 5.42. The summed E-state index contributed by atoms with van der Waals surface area (Å²) in [6.07, 6.45) is 3.94. The maximum absolute atomic E-state index is 12.6. The van der Waals surface area contributed by atoms with E-state index in [1.165, 1.54) is 12.8 Å². The number of rotatable bonds is 5. The van der Waals surface area contributed by atoms with Gasteiger partial charge in [-0.2, -0.15) is 0 Å². The molecule has 7 heteroatoms. The van der Waals surface area contributed by atoms with Crippen LogP contribution in [0.25, 0.3) is 0 Å². The Hall–Kier alpha value is -2.41. The normalized spacial score (nSPS) is 19.6. The predicted octanol–water partition coefficient (Wildman–Crippen LogP) is 2.21. The smallest absolute Gasteiger partial charge is 0.226 e. The lowest BCUT2D eigenvalue weighted by atomic mass is 10.0. The fourth-order valence-electron chi connectivity index (χ4n) is 3.85. The zero-order valence-electron chi connectivity index (χ0n) is 15.9. The van der Waals surface area contributed by atoms with Gasteiger partial charge in [0, 0.05) is 13.1 Å². The van der Waals surface area contributed by atoms with Gasteiger partial charge in [0.2, 0.25) is 5.91 Å². The Labute approximate surface area is 159 Å². The monoisotopic (exact) mass is 369 g/mol. The summed E-state index contributed by atoms with van der Waals surface area (Å²) in [5.41, 5.74) is 1.08. The molecule has 7 nitrogen and oxygen atoms in total. The van der Waals surface area contributed by atoms with Crippen LogP contribution in [0.4, 0.5) is 0 Å². The predicted molar refractivity (Wildman–Crippen MR) is 101 cm³/mol. The number of aromatic nitrogens is 3. The van der Waals surface area contributed by atoms with Crippen molar-refractivity contribution in [2.24, 2.45) is 0 Å². The van der Waals surface area contributed by atoms with Gasteiger partial charge in [-0.3, -0.25) is 4.79 Å². The third-order valence-electron chi connectivity index (χ3n) is 5.42. The number of fused-ring (bicyclic) bond motifs is 1. The average Bonchev–Trinajstić information content (AvgIpc) is 3.13. The van der Waals surface area contributed by atoms with Crippen molar-refractivity contribution >= 4 is 5.91 Å². The van der Waals surface area contributed by atoms with Crippen molar-refractivity contribution in [1.82, 2.24) is 25.0 Å². The molecule has 1 amide bonds. The standard InChI is InChI=1S/C20H27N5O2/c1-15-6-2-3-8-17(15)27-13-9-19(26)24-11-12-25-18(14-24)22-23-20(25)16-7-4-5-10-21-16/h2-3,6,8,16,21H,4-5,7,9-14H2,1H3/t16-/m1/s1. The number of carbonyl (C=O) groups is 1. The first kappa shape index (κ1) is 18.0. The first-order chi connectivity index (χ1) is 13.2. The number of nitrogens with zero attached hydrogens (tertiary/aromatic N) is 4. The first-order valence-corrected chi connectivity index (χ1v) is 9.84. The number of para-hydroxylation sites is 1. The Balaban J connectivity index is 1.32. The topological polar surface area (TPSA) is 72.3 Å². The van der Waals surface area contributed by atoms with Crippen molar-refractivity contribution < 1.29 is 9.53 Å². The molecular weight excluding hydrogens is 342 g/mol. The number of aryl methyl sites for hydroxylation is 1. The molecule has 0 spiro atoms. The number of ether oxygens (including phenoxy) is 1. The van der Waals surface area contributed by atoms with Gasteiger partial charge in [0.05, 0.1) is 25.6 Å². The first-order valence-electron chi connectivity index (χ1n) is 9.84. The molecule has 0 radical (unpaired) electrons. The minimum absolute atomic E-state index is 0.107. The van der Waals surface area contributed by atoms with Crippen molar-refractivity contribution in [1.29, 1.82) is 0 Å². The summed E-state index contributed by atoms with van der Waals surface area (Å²) in [6, 6.07) is 8.16. The molecule has 3 heterocycles. The molecule has 144 valence electrons. The Morgan fingerprint density at radius 2 is 2.15 bits per heavy atom. The molecule has 4 rings (SSSR count). The van der Waals surface area contributed by atoms with Gasteiger partial charge in [-0.1, -0.05) is 24.6 Å². The lowest BCUT2D eigenvalue weighted by molar-refractivity contribution is -0.133. The van der Waals surface area contributed by atoms with Crippen LogP contribution >= 0.6 is 0 Å². The van der Waals surface area contributed by atoms with E-state index in [0.29, 0.717) is 32.2 Å². The molecule has 0 saturated carbocycles. The molecule has 1 N–H and O–H groups in total. The molecule has 1 fully saturated rings. The van der Waals surface area contributed by atoms with E-state index in [2.05, 4.69) is 20.1 Å². The average molecular weight is 369 g/mol. The van der Waals surface area contributed by atoms with Gasteiger partial charge in [-0.15, -0.1) is 10.2 Å². The highest BCUT2D eigenvalue weighted by Crippen LogP contribution is 2.24. The third kappa shape index (κ3) is 3.98. The minimum atomic E-state index is 0.107. The zero-order valence-corrected chi connectivity index (χ0v) is 15.9. The molecular formula is C20H27N5O2. The van der Waals surface area contributed by atoms with Crippen LogP contribution in [0.15, 0.2) is 24.3 Å². The Morgan fingerprint density at radius 1 is 1.26 bits per heavy atom. The number of amides is 1. The lowest BCUT2D eigenvalue weighted by Crippen LogP contribution is -2.40. The van der Waals surface area contributed by atoms with Gasteiger partial charge in [0.1, 0.15) is 11.6 Å². The van der Waals surface area contributed by atoms with E-state index < -0.39 is 0 Å². The molecule has 1 atom stereocenters. The fourth-order valence-corrected chi connectivity index (χ4v) is 3.85. The summed E-state index contributed by atoms with van der Waals surface area (Å²) < 4.78 is 7.95. The largest absolute Gasteiger partial charge is 0.493 e. The van der Waals surface area contributed by atoms with E-state index in [0.717, 1.165) is 42.5 Å². The second-order valence-corrected chi connectivity index (χ2v) is 7.31. The summed E-state index contributed by atoms with van der Waals surface area (Å²) in [7, 11) is 0. The molecule has 27 heavy (non-hydrogen) atoms. The lowest BCUT2D eigenvalue weighted by Gasteiger charge is -2.30. The van der Waals surface area contributed by atoms with Crippen molar-refractivity contribution in [2.45, 2.75) is 51.7 Å². The van der Waals surface area contributed by atoms with Crippen LogP contribution in [0.2, 0.25) is 0 Å². The van der Waals surface area contributed by atoms with Gasteiger partial charge in [-0.25, -0.2) is 0 Å². The Bertz CT molecular complexity index is 797. The summed E-state index contributed by atoms with van der Waals surface area (Å²) in [5, 5.41) is 12.3. The molecule has 0 aliphatic carbocycles. The molecule has 0 unspecified atom stereocenters. The molecule has 1 saturated heterocycles. The Kier molecular flexibility index (Phi) is 5.38. The highest BCUT2D eigenvalue weighted by molar-refractivity contribution is 5.76. The molecule has 1 aromatic carbocycles. The molecule has 1 aromatic heterocycles. The van der Waals surface area contributed by atoms with Gasteiger partial charge in [0.25, 0.3) is 0 Å². The molecule has 2 aromatic rings. The number of hydrogen-bond donors (Lipinski definition) is 1. The van der Waals surface area contributed by atoms with Gasteiger partial charge in [-0.05, 0) is 37.9 Å². The van der Waals surface area contributed by atoms with E-state index in [1.807, 2.05) is 36.1 Å². The SMILES string of the molecule is Cc1ccccc1OCCC(=O)N1CCn2c(nnc2[C@H]2CCCCN2)C1. The molecule has 2 aliphatic rings. The van der Waals surface area contributed by atoms with Crippen LogP contribution in [0.5, 0.6) is 5.75 Å². The van der Waals surface area contributed by atoms with Crippen LogP contribution in [0, 0.1) is 6.92 Å². The summed E-state index contributed by atoms with van der Waals surface area (Å²) in [4.78, 5) is 14.4. The van der Waals surface area contributed by atoms with E-state index in [-0.39, 0.29) is 5.91 Å². The fraction of sp³-hybridized carbons (Fsp3) is 0.550. The van der Waals surface area contributed by atoms with Crippen molar-refractivity contribution in [3.63, 3.8) is 0 Å². The highest BCUT2D eigenvalue weighted by atomic mass is 16.5. The minimum Gasteiger partial charge on any atom is -0.493 e. The zero-order chi connectivity index (χ0) is 18.6. The second kappa shape index (κ2) is 8.08. The van der Waals surface area contributed by atoms with Gasteiger partial charge < -0.3 is 19.5 Å².